The maximum absolute atomic E-state index is 12.7. The number of nitrogens with one attached hydrogen (secondary N) is 2. The molecule has 0 radical (unpaired) electrons. The Labute approximate surface area is 159 Å². The highest BCUT2D eigenvalue weighted by molar-refractivity contribution is 5.99. The molecule has 1 aromatic heterocycles. The topological polar surface area (TPSA) is 74.3 Å². The third-order valence-corrected chi connectivity index (χ3v) is 5.03. The van der Waals surface area contributed by atoms with Gasteiger partial charge < -0.3 is 15.5 Å². The first kappa shape index (κ1) is 17.5. The molecule has 2 amide bonds. The number of nitrogens with zero attached hydrogens (tertiary/aromatic N) is 2. The summed E-state index contributed by atoms with van der Waals surface area (Å²) < 4.78 is 0. The van der Waals surface area contributed by atoms with Gasteiger partial charge in [-0.15, -0.1) is 0 Å². The van der Waals surface area contributed by atoms with E-state index in [0.717, 1.165) is 55.8 Å². The van der Waals surface area contributed by atoms with Gasteiger partial charge >= 0.3 is 0 Å². The van der Waals surface area contributed by atoms with E-state index in [-0.39, 0.29) is 17.7 Å². The fraction of sp³-hybridized carbons (Fsp3) is 0.381. The molecule has 27 heavy (non-hydrogen) atoms. The molecule has 6 heteroatoms. The lowest BCUT2D eigenvalue weighted by atomic mass is 10.1. The van der Waals surface area contributed by atoms with Gasteiger partial charge in [-0.3, -0.25) is 9.59 Å². The molecule has 0 bridgehead atoms. The van der Waals surface area contributed by atoms with Crippen molar-refractivity contribution in [2.75, 3.05) is 23.3 Å². The number of amides is 2. The van der Waals surface area contributed by atoms with Crippen LogP contribution in [0.25, 0.3) is 0 Å². The summed E-state index contributed by atoms with van der Waals surface area (Å²) in [5.74, 6) is 0.889. The first-order valence-corrected chi connectivity index (χ1v) is 9.59. The van der Waals surface area contributed by atoms with Crippen molar-refractivity contribution in [3.63, 3.8) is 0 Å². The van der Waals surface area contributed by atoms with Gasteiger partial charge in [0.15, 0.2) is 0 Å². The van der Waals surface area contributed by atoms with Crippen LogP contribution in [0.2, 0.25) is 0 Å². The molecule has 2 aromatic rings. The minimum atomic E-state index is -0.127. The zero-order valence-electron chi connectivity index (χ0n) is 15.3. The Hall–Kier alpha value is -2.89. The number of rotatable bonds is 6. The largest absolute Gasteiger partial charge is 0.356 e. The molecule has 2 heterocycles. The average molecular weight is 364 g/mol. The molecule has 0 spiro atoms. The smallest absolute Gasteiger partial charge is 0.255 e. The summed E-state index contributed by atoms with van der Waals surface area (Å²) >= 11 is 0. The standard InChI is InChI=1S/C21H24N4O2/c26-20(16-8-9-16)24-17-6-3-5-15(13-17)14-23-21(27)18-7-4-10-22-19(18)25-11-1-2-12-25/h3-7,10,13,16H,1-2,8-9,11-12,14H2,(H,23,27)(H,24,26). The summed E-state index contributed by atoms with van der Waals surface area (Å²) in [5.41, 5.74) is 2.33. The Bertz CT molecular complexity index is 842. The maximum atomic E-state index is 12.7. The van der Waals surface area contributed by atoms with E-state index in [1.54, 1.807) is 12.3 Å². The predicted octanol–water partition coefficient (Wildman–Crippen LogP) is 2.96. The lowest BCUT2D eigenvalue weighted by molar-refractivity contribution is -0.117. The molecular weight excluding hydrogens is 340 g/mol. The Balaban J connectivity index is 1.40. The SMILES string of the molecule is O=C(NCc1cccc(NC(=O)C2CC2)c1)c1cccnc1N1CCCC1. The van der Waals surface area contributed by atoms with Gasteiger partial charge in [0.05, 0.1) is 5.56 Å². The van der Waals surface area contributed by atoms with Gasteiger partial charge in [0.25, 0.3) is 5.91 Å². The fourth-order valence-corrected chi connectivity index (χ4v) is 3.38. The fourth-order valence-electron chi connectivity index (χ4n) is 3.38. The number of aromatic nitrogens is 1. The van der Waals surface area contributed by atoms with Crippen LogP contribution in [0.4, 0.5) is 11.5 Å². The van der Waals surface area contributed by atoms with Crippen LogP contribution in [-0.4, -0.2) is 29.9 Å². The highest BCUT2D eigenvalue weighted by Crippen LogP contribution is 2.30. The van der Waals surface area contributed by atoms with Crippen molar-refractivity contribution in [3.05, 3.63) is 53.7 Å². The zero-order valence-corrected chi connectivity index (χ0v) is 15.3. The average Bonchev–Trinajstić information content (AvgIpc) is 3.41. The molecule has 2 aliphatic rings. The van der Waals surface area contributed by atoms with E-state index in [4.69, 9.17) is 0 Å². The number of carbonyl (C=O) groups excluding carboxylic acids is 2. The molecule has 1 saturated heterocycles. The molecule has 1 aromatic carbocycles. The Morgan fingerprint density at radius 2 is 1.93 bits per heavy atom. The Morgan fingerprint density at radius 3 is 2.70 bits per heavy atom. The van der Waals surface area contributed by atoms with E-state index in [0.29, 0.717) is 12.1 Å². The number of carbonyl (C=O) groups is 2. The minimum Gasteiger partial charge on any atom is -0.356 e. The van der Waals surface area contributed by atoms with Crippen molar-refractivity contribution in [3.8, 4) is 0 Å². The van der Waals surface area contributed by atoms with E-state index >= 15 is 0 Å². The lowest BCUT2D eigenvalue weighted by Crippen LogP contribution is -2.28. The zero-order chi connectivity index (χ0) is 18.6. The van der Waals surface area contributed by atoms with Crippen LogP contribution in [0.15, 0.2) is 42.6 Å². The van der Waals surface area contributed by atoms with Gasteiger partial charge in [-0.05, 0) is 55.5 Å². The number of hydrogen-bond donors (Lipinski definition) is 2. The van der Waals surface area contributed by atoms with Gasteiger partial charge in [-0.25, -0.2) is 4.98 Å². The second-order valence-electron chi connectivity index (χ2n) is 7.22. The van der Waals surface area contributed by atoms with E-state index < -0.39 is 0 Å². The van der Waals surface area contributed by atoms with Crippen LogP contribution in [-0.2, 0) is 11.3 Å². The van der Waals surface area contributed by atoms with Gasteiger partial charge in [-0.1, -0.05) is 12.1 Å². The van der Waals surface area contributed by atoms with Crippen molar-refractivity contribution < 1.29 is 9.59 Å². The van der Waals surface area contributed by atoms with Gasteiger partial charge in [0.2, 0.25) is 5.91 Å². The quantitative estimate of drug-likeness (QED) is 0.826. The third-order valence-electron chi connectivity index (χ3n) is 5.03. The van der Waals surface area contributed by atoms with E-state index in [9.17, 15) is 9.59 Å². The highest BCUT2D eigenvalue weighted by Gasteiger charge is 2.29. The molecule has 1 saturated carbocycles. The molecule has 140 valence electrons. The highest BCUT2D eigenvalue weighted by atomic mass is 16.2. The van der Waals surface area contributed by atoms with E-state index in [1.165, 1.54) is 0 Å². The number of benzene rings is 1. The van der Waals surface area contributed by atoms with Crippen molar-refractivity contribution in [1.82, 2.24) is 10.3 Å². The summed E-state index contributed by atoms with van der Waals surface area (Å²) in [7, 11) is 0. The monoisotopic (exact) mass is 364 g/mol. The summed E-state index contributed by atoms with van der Waals surface area (Å²) in [5, 5.41) is 5.92. The molecule has 1 aliphatic carbocycles. The second kappa shape index (κ2) is 7.78. The first-order chi connectivity index (χ1) is 13.2. The van der Waals surface area contributed by atoms with Gasteiger partial charge in [0.1, 0.15) is 5.82 Å². The molecule has 0 unspecified atom stereocenters. The molecule has 4 rings (SSSR count). The summed E-state index contributed by atoms with van der Waals surface area (Å²) in [6.07, 6.45) is 5.96. The number of pyridine rings is 1. The van der Waals surface area contributed by atoms with Crippen LogP contribution >= 0.6 is 0 Å². The predicted molar refractivity (Wildman–Crippen MR) is 105 cm³/mol. The lowest BCUT2D eigenvalue weighted by Gasteiger charge is -2.19. The van der Waals surface area contributed by atoms with Crippen LogP contribution < -0.4 is 15.5 Å². The molecule has 2 N–H and O–H groups in total. The molecule has 0 atom stereocenters. The minimum absolute atomic E-state index is 0.0850. The molecular formula is C21H24N4O2. The number of hydrogen-bond acceptors (Lipinski definition) is 4. The van der Waals surface area contributed by atoms with Crippen molar-refractivity contribution in [1.29, 1.82) is 0 Å². The van der Waals surface area contributed by atoms with Gasteiger partial charge in [0, 0.05) is 37.4 Å². The van der Waals surface area contributed by atoms with E-state index in [1.807, 2.05) is 30.3 Å². The molecule has 1 aliphatic heterocycles. The third kappa shape index (κ3) is 4.27. The summed E-state index contributed by atoms with van der Waals surface area (Å²) in [6, 6.07) is 11.2. The van der Waals surface area contributed by atoms with Crippen LogP contribution in [0.3, 0.4) is 0 Å². The maximum Gasteiger partial charge on any atom is 0.255 e. The summed E-state index contributed by atoms with van der Waals surface area (Å²) in [6.45, 7) is 2.29. The normalized spacial score (nSPS) is 16.2. The molecule has 2 fully saturated rings. The van der Waals surface area contributed by atoms with E-state index in [2.05, 4.69) is 20.5 Å². The number of anilines is 2. The Morgan fingerprint density at radius 1 is 1.11 bits per heavy atom. The van der Waals surface area contributed by atoms with Crippen LogP contribution in [0.1, 0.15) is 41.6 Å². The summed E-state index contributed by atoms with van der Waals surface area (Å²) in [4.78, 5) is 31.2. The second-order valence-corrected chi connectivity index (χ2v) is 7.22. The van der Waals surface area contributed by atoms with Crippen molar-refractivity contribution in [2.24, 2.45) is 5.92 Å². The first-order valence-electron chi connectivity index (χ1n) is 9.59. The van der Waals surface area contributed by atoms with Crippen molar-refractivity contribution in [2.45, 2.75) is 32.2 Å². The van der Waals surface area contributed by atoms with Crippen molar-refractivity contribution >= 4 is 23.3 Å². The Kier molecular flexibility index (Phi) is 5.05. The van der Waals surface area contributed by atoms with Crippen LogP contribution in [0.5, 0.6) is 0 Å². The van der Waals surface area contributed by atoms with Gasteiger partial charge in [-0.2, -0.15) is 0 Å². The van der Waals surface area contributed by atoms with Crippen LogP contribution in [0, 0.1) is 5.92 Å². The molecule has 6 nitrogen and oxygen atoms in total.